The molecule has 0 saturated heterocycles. The molecule has 54 valence electrons. The third kappa shape index (κ3) is 2.12. The first-order chi connectivity index (χ1) is 4.72. The van der Waals surface area contributed by atoms with Gasteiger partial charge in [-0.05, 0) is 47.0 Å². The number of rotatable bonds is 1. The van der Waals surface area contributed by atoms with Gasteiger partial charge in [0.25, 0.3) is 0 Å². The van der Waals surface area contributed by atoms with Crippen molar-refractivity contribution in [3.05, 3.63) is 27.6 Å². The molecule has 0 aliphatic carbocycles. The molecule has 0 aromatic heterocycles. The Morgan fingerprint density at radius 1 is 1.40 bits per heavy atom. The monoisotopic (exact) mass is 268 g/mol. The maximum Gasteiger partial charge on any atom is 0.125 e. The summed E-state index contributed by atoms with van der Waals surface area (Å²) < 4.78 is 13.5. The van der Waals surface area contributed by atoms with Crippen LogP contribution in [0.15, 0.2) is 23.1 Å². The van der Waals surface area contributed by atoms with Crippen molar-refractivity contribution in [2.45, 2.75) is 4.90 Å². The molecule has 3 heteroatoms. The molecule has 0 fully saturated rings. The third-order valence-corrected chi connectivity index (χ3v) is 2.40. The molecule has 0 unspecified atom stereocenters. The normalized spacial score (nSPS) is 9.90. The lowest BCUT2D eigenvalue weighted by atomic mass is 10.3. The lowest BCUT2D eigenvalue weighted by Crippen LogP contribution is -1.78. The summed E-state index contributed by atoms with van der Waals surface area (Å²) in [6.45, 7) is 0. The molecule has 0 saturated carbocycles. The first kappa shape index (κ1) is 8.33. The van der Waals surface area contributed by atoms with Crippen LogP contribution in [0.25, 0.3) is 0 Å². The van der Waals surface area contributed by atoms with Crippen molar-refractivity contribution in [2.75, 3.05) is 6.26 Å². The molecule has 1 rings (SSSR count). The summed E-state index contributed by atoms with van der Waals surface area (Å²) in [5.74, 6) is -0.156. The number of hydrogen-bond donors (Lipinski definition) is 0. The highest BCUT2D eigenvalue weighted by Crippen LogP contribution is 2.18. The second kappa shape index (κ2) is 3.57. The second-order valence-electron chi connectivity index (χ2n) is 1.81. The zero-order chi connectivity index (χ0) is 7.56. The Balaban J connectivity index is 3.06. The second-order valence-corrected chi connectivity index (χ2v) is 3.93. The molecular weight excluding hydrogens is 262 g/mol. The highest BCUT2D eigenvalue weighted by atomic mass is 127. The fourth-order valence-electron chi connectivity index (χ4n) is 0.646. The number of halogens is 2. The van der Waals surface area contributed by atoms with Crippen LogP contribution in [0.1, 0.15) is 0 Å². The van der Waals surface area contributed by atoms with E-state index in [4.69, 9.17) is 0 Å². The number of benzene rings is 1. The first-order valence-electron chi connectivity index (χ1n) is 2.72. The van der Waals surface area contributed by atoms with Gasteiger partial charge in [0, 0.05) is 8.47 Å². The van der Waals surface area contributed by atoms with Gasteiger partial charge in [-0.2, -0.15) is 0 Å². The van der Waals surface area contributed by atoms with Gasteiger partial charge in [-0.25, -0.2) is 4.39 Å². The lowest BCUT2D eigenvalue weighted by molar-refractivity contribution is 0.623. The molecule has 0 nitrogen and oxygen atoms in total. The molecule has 1 aromatic carbocycles. The van der Waals surface area contributed by atoms with E-state index >= 15 is 0 Å². The van der Waals surface area contributed by atoms with Gasteiger partial charge in [0.05, 0.1) is 0 Å². The quantitative estimate of drug-likeness (QED) is 0.557. The summed E-state index contributed by atoms with van der Waals surface area (Å²) in [6.07, 6.45) is 1.94. The minimum atomic E-state index is -0.156. The van der Waals surface area contributed by atoms with Crippen LogP contribution < -0.4 is 0 Å². The third-order valence-electron chi connectivity index (χ3n) is 1.07. The van der Waals surface area contributed by atoms with E-state index in [1.54, 1.807) is 11.8 Å². The Morgan fingerprint density at radius 3 is 2.60 bits per heavy atom. The molecule has 0 N–H and O–H groups in total. The van der Waals surface area contributed by atoms with E-state index in [0.717, 1.165) is 8.47 Å². The van der Waals surface area contributed by atoms with Crippen LogP contribution in [0, 0.1) is 9.39 Å². The van der Waals surface area contributed by atoms with Gasteiger partial charge in [0.15, 0.2) is 0 Å². The van der Waals surface area contributed by atoms with Crippen LogP contribution in [0.5, 0.6) is 0 Å². The fraction of sp³-hybridized carbons (Fsp3) is 0.143. The van der Waals surface area contributed by atoms with Gasteiger partial charge >= 0.3 is 0 Å². The molecule has 0 bridgehead atoms. The van der Waals surface area contributed by atoms with Gasteiger partial charge in [-0.15, -0.1) is 11.8 Å². The van der Waals surface area contributed by atoms with Crippen LogP contribution >= 0.6 is 34.4 Å². The maximum absolute atomic E-state index is 12.6. The van der Waals surface area contributed by atoms with E-state index < -0.39 is 0 Å². The Kier molecular flexibility index (Phi) is 2.97. The Morgan fingerprint density at radius 2 is 2.10 bits per heavy atom. The topological polar surface area (TPSA) is 0 Å². The highest BCUT2D eigenvalue weighted by Gasteiger charge is 1.95. The summed E-state index contributed by atoms with van der Waals surface area (Å²) in [5, 5.41) is 0. The van der Waals surface area contributed by atoms with Crippen molar-refractivity contribution in [1.82, 2.24) is 0 Å². The molecule has 0 amide bonds. The number of hydrogen-bond acceptors (Lipinski definition) is 1. The molecule has 0 atom stereocenters. The van der Waals surface area contributed by atoms with Crippen LogP contribution in [0.3, 0.4) is 0 Å². The predicted octanol–water partition coefficient (Wildman–Crippen LogP) is 3.15. The Labute approximate surface area is 77.3 Å². The standard InChI is InChI=1S/C7H6FIS/c1-10-7-3-5(8)2-6(9)4-7/h2-4H,1H3. The molecule has 0 aliphatic rings. The van der Waals surface area contributed by atoms with E-state index in [0.29, 0.717) is 0 Å². The van der Waals surface area contributed by atoms with E-state index in [-0.39, 0.29) is 5.82 Å². The molecule has 0 radical (unpaired) electrons. The van der Waals surface area contributed by atoms with Gasteiger partial charge in [-0.3, -0.25) is 0 Å². The van der Waals surface area contributed by atoms with Gasteiger partial charge in [-0.1, -0.05) is 0 Å². The zero-order valence-corrected chi connectivity index (χ0v) is 8.37. The average molecular weight is 268 g/mol. The van der Waals surface area contributed by atoms with Gasteiger partial charge in [0.2, 0.25) is 0 Å². The van der Waals surface area contributed by atoms with E-state index in [1.807, 2.05) is 12.3 Å². The summed E-state index contributed by atoms with van der Waals surface area (Å²) in [6, 6.07) is 5.00. The van der Waals surface area contributed by atoms with Crippen molar-refractivity contribution in [3.63, 3.8) is 0 Å². The van der Waals surface area contributed by atoms with Crippen molar-refractivity contribution in [3.8, 4) is 0 Å². The fourth-order valence-corrected chi connectivity index (χ4v) is 1.97. The molecule has 10 heavy (non-hydrogen) atoms. The van der Waals surface area contributed by atoms with Crippen LogP contribution in [-0.4, -0.2) is 6.26 Å². The van der Waals surface area contributed by atoms with E-state index in [2.05, 4.69) is 22.6 Å². The Hall–Kier alpha value is 0.230. The SMILES string of the molecule is CSc1cc(F)cc(I)c1. The molecule has 0 aliphatic heterocycles. The highest BCUT2D eigenvalue weighted by molar-refractivity contribution is 14.1. The van der Waals surface area contributed by atoms with Crippen molar-refractivity contribution in [2.24, 2.45) is 0 Å². The average Bonchev–Trinajstić information content (AvgIpc) is 1.85. The zero-order valence-electron chi connectivity index (χ0n) is 5.40. The minimum Gasteiger partial charge on any atom is -0.207 e. The van der Waals surface area contributed by atoms with E-state index in [1.165, 1.54) is 12.1 Å². The lowest BCUT2D eigenvalue weighted by Gasteiger charge is -1.96. The van der Waals surface area contributed by atoms with Crippen molar-refractivity contribution < 1.29 is 4.39 Å². The summed E-state index contributed by atoms with van der Waals surface area (Å²) in [4.78, 5) is 0.976. The maximum atomic E-state index is 12.6. The number of thioether (sulfide) groups is 1. The van der Waals surface area contributed by atoms with Crippen LogP contribution in [-0.2, 0) is 0 Å². The predicted molar refractivity (Wildman–Crippen MR) is 50.9 cm³/mol. The van der Waals surface area contributed by atoms with Crippen LogP contribution in [0.2, 0.25) is 0 Å². The van der Waals surface area contributed by atoms with Crippen molar-refractivity contribution >= 4 is 34.4 Å². The van der Waals surface area contributed by atoms with Gasteiger partial charge < -0.3 is 0 Å². The summed E-state index contributed by atoms with van der Waals surface area (Å²) in [5.41, 5.74) is 0. The molecular formula is C7H6FIS. The molecule has 0 heterocycles. The Bertz CT molecular complexity index is 217. The van der Waals surface area contributed by atoms with Crippen LogP contribution in [0.4, 0.5) is 4.39 Å². The van der Waals surface area contributed by atoms with E-state index in [9.17, 15) is 4.39 Å². The summed E-state index contributed by atoms with van der Waals surface area (Å²) in [7, 11) is 0. The molecule has 0 spiro atoms. The van der Waals surface area contributed by atoms with Crippen molar-refractivity contribution in [1.29, 1.82) is 0 Å². The summed E-state index contributed by atoms with van der Waals surface area (Å²) >= 11 is 3.65. The molecule has 1 aromatic rings. The largest absolute Gasteiger partial charge is 0.207 e. The minimum absolute atomic E-state index is 0.156. The first-order valence-corrected chi connectivity index (χ1v) is 5.03. The van der Waals surface area contributed by atoms with Gasteiger partial charge in [0.1, 0.15) is 5.82 Å². The smallest absolute Gasteiger partial charge is 0.125 e.